The van der Waals surface area contributed by atoms with Crippen molar-refractivity contribution >= 4 is 27.3 Å². The van der Waals surface area contributed by atoms with Crippen molar-refractivity contribution in [3.63, 3.8) is 0 Å². The molecule has 0 amide bonds. The fourth-order valence-corrected chi connectivity index (χ4v) is 5.25. The first-order chi connectivity index (χ1) is 16.1. The van der Waals surface area contributed by atoms with Gasteiger partial charge in [-0.05, 0) is 37.5 Å². The van der Waals surface area contributed by atoms with Crippen molar-refractivity contribution in [1.29, 1.82) is 0 Å². The molecule has 1 aliphatic heterocycles. The molecule has 1 unspecified atom stereocenters. The average Bonchev–Trinajstić information content (AvgIpc) is 3.30. The molecule has 33 heavy (non-hydrogen) atoms. The number of hydrogen-bond donors (Lipinski definition) is 1. The second-order valence-corrected chi connectivity index (χ2v) is 8.98. The average molecular weight is 459 g/mol. The Kier molecular flexibility index (Phi) is 7.04. The van der Waals surface area contributed by atoms with Gasteiger partial charge in [-0.15, -0.1) is 11.3 Å². The van der Waals surface area contributed by atoms with Crippen LogP contribution in [0.15, 0.2) is 65.4 Å². The minimum absolute atomic E-state index is 0.133. The molecule has 170 valence electrons. The van der Waals surface area contributed by atoms with E-state index in [2.05, 4.69) is 52.6 Å². The lowest BCUT2D eigenvalue weighted by Crippen LogP contribution is -2.32. The standard InChI is InChI=1S/C25H24N4OS.C2H6/c1-16-7-5-8-18(13-16)19-9-6-12-29(14-19)17(2)20-15-31-23-22(20)27-24(28-25(23)30)21-10-3-4-11-26-21;1-2/h3-5,7-8,10-11,13,15,19H,2,6,9,12,14H2,1H3,(H,27,28,30);1-2H3. The minimum atomic E-state index is -0.133. The van der Waals surface area contributed by atoms with E-state index in [-0.39, 0.29) is 5.56 Å². The predicted molar refractivity (Wildman–Crippen MR) is 139 cm³/mol. The maximum Gasteiger partial charge on any atom is 0.269 e. The van der Waals surface area contributed by atoms with E-state index >= 15 is 0 Å². The normalized spacial score (nSPS) is 15.7. The largest absolute Gasteiger partial charge is 0.371 e. The van der Waals surface area contributed by atoms with Crippen LogP contribution in [0.3, 0.4) is 0 Å². The number of aryl methyl sites for hydroxylation is 1. The number of piperidine rings is 1. The van der Waals surface area contributed by atoms with Gasteiger partial charge in [0.15, 0.2) is 5.82 Å². The molecule has 5 nitrogen and oxygen atoms in total. The minimum Gasteiger partial charge on any atom is -0.371 e. The quantitative estimate of drug-likeness (QED) is 0.394. The second kappa shape index (κ2) is 10.1. The highest BCUT2D eigenvalue weighted by Crippen LogP contribution is 2.34. The van der Waals surface area contributed by atoms with Crippen LogP contribution in [0.25, 0.3) is 27.4 Å². The highest BCUT2D eigenvalue weighted by atomic mass is 32.1. The maximum absolute atomic E-state index is 12.7. The lowest BCUT2D eigenvalue weighted by Gasteiger charge is -2.35. The summed E-state index contributed by atoms with van der Waals surface area (Å²) in [6.07, 6.45) is 4.00. The van der Waals surface area contributed by atoms with Crippen LogP contribution in [-0.4, -0.2) is 32.9 Å². The molecule has 5 rings (SSSR count). The van der Waals surface area contributed by atoms with E-state index in [0.29, 0.717) is 27.7 Å². The lowest BCUT2D eigenvalue weighted by atomic mass is 9.89. The number of hydrogen-bond acceptors (Lipinski definition) is 5. The molecule has 1 N–H and O–H groups in total. The summed E-state index contributed by atoms with van der Waals surface area (Å²) in [6, 6.07) is 14.4. The summed E-state index contributed by atoms with van der Waals surface area (Å²) in [5.41, 5.74) is 5.79. The number of H-pyrrole nitrogens is 1. The van der Waals surface area contributed by atoms with E-state index in [4.69, 9.17) is 4.98 Å². The SMILES string of the molecule is C=C(c1csc2c(=O)[nH]c(-c3ccccn3)nc12)N1CCCC(c2cccc(C)c2)C1.CC. The van der Waals surface area contributed by atoms with Gasteiger partial charge >= 0.3 is 0 Å². The summed E-state index contributed by atoms with van der Waals surface area (Å²) < 4.78 is 0.628. The summed E-state index contributed by atoms with van der Waals surface area (Å²) in [5, 5.41) is 2.01. The number of aromatic nitrogens is 3. The zero-order valence-corrected chi connectivity index (χ0v) is 20.3. The summed E-state index contributed by atoms with van der Waals surface area (Å²) in [6.45, 7) is 12.4. The number of rotatable bonds is 4. The van der Waals surface area contributed by atoms with Gasteiger partial charge in [-0.3, -0.25) is 9.78 Å². The Morgan fingerprint density at radius 3 is 2.82 bits per heavy atom. The molecular weight excluding hydrogens is 428 g/mol. The smallest absolute Gasteiger partial charge is 0.269 e. The van der Waals surface area contributed by atoms with E-state index in [1.165, 1.54) is 28.9 Å². The fraction of sp³-hybridized carbons (Fsp3) is 0.296. The molecule has 0 spiro atoms. The topological polar surface area (TPSA) is 61.9 Å². The van der Waals surface area contributed by atoms with Gasteiger partial charge in [-0.25, -0.2) is 4.98 Å². The van der Waals surface area contributed by atoms with Crippen molar-refractivity contribution in [3.05, 3.63) is 87.7 Å². The van der Waals surface area contributed by atoms with Crippen molar-refractivity contribution in [1.82, 2.24) is 19.9 Å². The first kappa shape index (κ1) is 22.9. The van der Waals surface area contributed by atoms with Crippen molar-refractivity contribution in [2.24, 2.45) is 0 Å². The van der Waals surface area contributed by atoms with E-state index in [1.807, 2.05) is 37.4 Å². The Bertz CT molecular complexity index is 1310. The van der Waals surface area contributed by atoms with E-state index < -0.39 is 0 Å². The number of fused-ring (bicyclic) bond motifs is 1. The van der Waals surface area contributed by atoms with E-state index in [0.717, 1.165) is 30.8 Å². The highest BCUT2D eigenvalue weighted by molar-refractivity contribution is 7.17. The third kappa shape index (κ3) is 4.76. The van der Waals surface area contributed by atoms with E-state index in [1.54, 1.807) is 6.20 Å². The molecule has 1 fully saturated rings. The van der Waals surface area contributed by atoms with E-state index in [9.17, 15) is 4.79 Å². The number of nitrogens with zero attached hydrogens (tertiary/aromatic N) is 3. The van der Waals surface area contributed by atoms with Crippen molar-refractivity contribution < 1.29 is 0 Å². The molecule has 1 atom stereocenters. The van der Waals surface area contributed by atoms with Gasteiger partial charge in [0.2, 0.25) is 0 Å². The summed E-state index contributed by atoms with van der Waals surface area (Å²) in [5.74, 6) is 0.970. The van der Waals surface area contributed by atoms with Gasteiger partial charge in [-0.1, -0.05) is 56.3 Å². The zero-order valence-electron chi connectivity index (χ0n) is 19.5. The number of thiophene rings is 1. The molecule has 0 radical (unpaired) electrons. The molecule has 4 aromatic rings. The molecular formula is C27H30N4OS. The number of likely N-dealkylation sites (tertiary alicyclic amines) is 1. The van der Waals surface area contributed by atoms with Crippen LogP contribution >= 0.6 is 11.3 Å². The predicted octanol–water partition coefficient (Wildman–Crippen LogP) is 6.23. The van der Waals surface area contributed by atoms with Gasteiger partial charge in [0.25, 0.3) is 5.56 Å². The van der Waals surface area contributed by atoms with Crippen LogP contribution in [-0.2, 0) is 0 Å². The molecule has 6 heteroatoms. The van der Waals surface area contributed by atoms with Crippen LogP contribution < -0.4 is 5.56 Å². The Labute approximate surface area is 198 Å². The molecule has 4 heterocycles. The zero-order chi connectivity index (χ0) is 23.4. The third-order valence-electron chi connectivity index (χ3n) is 5.96. The molecule has 0 aliphatic carbocycles. The first-order valence-corrected chi connectivity index (χ1v) is 12.4. The number of pyridine rings is 1. The van der Waals surface area contributed by atoms with Crippen LogP contribution in [0.4, 0.5) is 0 Å². The molecule has 0 bridgehead atoms. The van der Waals surface area contributed by atoms with Crippen molar-refractivity contribution in [2.75, 3.05) is 13.1 Å². The molecule has 1 aromatic carbocycles. The Morgan fingerprint density at radius 2 is 2.06 bits per heavy atom. The number of benzene rings is 1. The van der Waals surface area contributed by atoms with Gasteiger partial charge in [0.1, 0.15) is 10.4 Å². The third-order valence-corrected chi connectivity index (χ3v) is 6.93. The Morgan fingerprint density at radius 1 is 1.21 bits per heavy atom. The van der Waals surface area contributed by atoms with Gasteiger partial charge in [-0.2, -0.15) is 0 Å². The van der Waals surface area contributed by atoms with Gasteiger partial charge in [0.05, 0.1) is 5.52 Å². The molecule has 3 aromatic heterocycles. The highest BCUT2D eigenvalue weighted by Gasteiger charge is 2.25. The monoisotopic (exact) mass is 458 g/mol. The van der Waals surface area contributed by atoms with Gasteiger partial charge in [0, 0.05) is 41.8 Å². The first-order valence-electron chi connectivity index (χ1n) is 11.5. The second-order valence-electron chi connectivity index (χ2n) is 8.10. The lowest BCUT2D eigenvalue weighted by molar-refractivity contribution is 0.295. The van der Waals surface area contributed by atoms with Crippen LogP contribution in [0.5, 0.6) is 0 Å². The van der Waals surface area contributed by atoms with Crippen LogP contribution in [0.1, 0.15) is 49.3 Å². The fourth-order valence-electron chi connectivity index (χ4n) is 4.35. The van der Waals surface area contributed by atoms with Crippen LogP contribution in [0.2, 0.25) is 0 Å². The summed E-state index contributed by atoms with van der Waals surface area (Å²) in [4.78, 5) is 27.0. The van der Waals surface area contributed by atoms with Crippen LogP contribution in [0, 0.1) is 6.92 Å². The molecule has 1 saturated heterocycles. The molecule has 0 saturated carbocycles. The number of nitrogens with one attached hydrogen (secondary N) is 1. The Hall–Kier alpha value is -3.25. The summed E-state index contributed by atoms with van der Waals surface area (Å²) in [7, 11) is 0. The number of aromatic amines is 1. The maximum atomic E-state index is 12.7. The molecule has 1 aliphatic rings. The Balaban J connectivity index is 0.00000126. The van der Waals surface area contributed by atoms with Crippen molar-refractivity contribution in [3.8, 4) is 11.5 Å². The summed E-state index contributed by atoms with van der Waals surface area (Å²) >= 11 is 1.42. The van der Waals surface area contributed by atoms with Crippen molar-refractivity contribution in [2.45, 2.75) is 39.5 Å². The van der Waals surface area contributed by atoms with Gasteiger partial charge < -0.3 is 9.88 Å².